The maximum Gasteiger partial charge on any atom is 0.0844 e. The molecule has 16 heavy (non-hydrogen) atoms. The fraction of sp³-hybridized carbons (Fsp3) is 0.273. The Bertz CT molecular complexity index is 492. The summed E-state index contributed by atoms with van der Waals surface area (Å²) >= 11 is 3.52. The highest BCUT2D eigenvalue weighted by Crippen LogP contribution is 2.21. The van der Waals surface area contributed by atoms with Crippen LogP contribution in [-0.2, 0) is 6.42 Å². The fourth-order valence-corrected chi connectivity index (χ4v) is 2.15. The first-order valence-electron chi connectivity index (χ1n) is 5.08. The average molecular weight is 281 g/mol. The summed E-state index contributed by atoms with van der Waals surface area (Å²) in [5.41, 5.74) is 8.58. The highest BCUT2D eigenvalue weighted by molar-refractivity contribution is 9.10. The Morgan fingerprint density at radius 2 is 2.25 bits per heavy atom. The van der Waals surface area contributed by atoms with E-state index in [0.717, 1.165) is 22.3 Å². The molecule has 0 aliphatic rings. The van der Waals surface area contributed by atoms with Crippen LogP contribution in [0.4, 0.5) is 0 Å². The molecule has 2 rings (SSSR count). The van der Waals surface area contributed by atoms with Gasteiger partial charge in [0.1, 0.15) is 0 Å². The fourth-order valence-electron chi connectivity index (χ4n) is 1.48. The molecule has 1 heterocycles. The van der Waals surface area contributed by atoms with Crippen LogP contribution in [0.5, 0.6) is 0 Å². The third-order valence-corrected chi connectivity index (χ3v) is 2.93. The van der Waals surface area contributed by atoms with Crippen molar-refractivity contribution >= 4 is 15.9 Å². The second kappa shape index (κ2) is 4.76. The molecule has 0 radical (unpaired) electrons. The van der Waals surface area contributed by atoms with Gasteiger partial charge in [0.05, 0.1) is 17.6 Å². The summed E-state index contributed by atoms with van der Waals surface area (Å²) in [4.78, 5) is 0. The second-order valence-corrected chi connectivity index (χ2v) is 4.50. The van der Waals surface area contributed by atoms with Crippen LogP contribution in [-0.4, -0.2) is 21.5 Å². The Hall–Kier alpha value is -1.20. The Morgan fingerprint density at radius 3 is 2.94 bits per heavy atom. The van der Waals surface area contributed by atoms with E-state index < -0.39 is 0 Å². The molecule has 0 aliphatic carbocycles. The number of rotatable bonds is 3. The molecule has 1 aromatic heterocycles. The van der Waals surface area contributed by atoms with Crippen LogP contribution in [0.25, 0.3) is 5.69 Å². The number of hydrogen-bond donors (Lipinski definition) is 1. The summed E-state index contributed by atoms with van der Waals surface area (Å²) < 4.78 is 2.77. The third-order valence-electron chi connectivity index (χ3n) is 2.29. The zero-order valence-electron chi connectivity index (χ0n) is 9.02. The molecule has 0 saturated heterocycles. The molecule has 2 aromatic rings. The molecule has 5 heteroatoms. The van der Waals surface area contributed by atoms with Gasteiger partial charge in [0.2, 0.25) is 0 Å². The zero-order valence-corrected chi connectivity index (χ0v) is 10.6. The Morgan fingerprint density at radius 1 is 1.44 bits per heavy atom. The number of aryl methyl sites for hydroxylation is 1. The van der Waals surface area contributed by atoms with Crippen LogP contribution in [0.15, 0.2) is 28.9 Å². The number of halogens is 1. The van der Waals surface area contributed by atoms with Crippen LogP contribution in [0.1, 0.15) is 11.3 Å². The number of nitrogens with zero attached hydrogens (tertiary/aromatic N) is 3. The van der Waals surface area contributed by atoms with Gasteiger partial charge in [-0.3, -0.25) is 0 Å². The van der Waals surface area contributed by atoms with Crippen molar-refractivity contribution in [1.82, 2.24) is 15.0 Å². The van der Waals surface area contributed by atoms with Gasteiger partial charge in [0.25, 0.3) is 0 Å². The summed E-state index contributed by atoms with van der Waals surface area (Å²) in [6.07, 6.45) is 2.66. The largest absolute Gasteiger partial charge is 0.330 e. The standard InChI is InChI=1S/C11H13BrN4/c1-8-2-3-11(10(12)6-8)16-7-9(4-5-13)14-15-16/h2-3,6-7H,4-5,13H2,1H3. The maximum absolute atomic E-state index is 5.47. The molecular formula is C11H13BrN4. The number of benzene rings is 1. The van der Waals surface area contributed by atoms with Gasteiger partial charge in [0, 0.05) is 10.9 Å². The molecule has 0 atom stereocenters. The van der Waals surface area contributed by atoms with Crippen molar-refractivity contribution in [2.24, 2.45) is 5.73 Å². The highest BCUT2D eigenvalue weighted by atomic mass is 79.9. The van der Waals surface area contributed by atoms with Crippen LogP contribution in [0.2, 0.25) is 0 Å². The van der Waals surface area contributed by atoms with Crippen molar-refractivity contribution < 1.29 is 0 Å². The van der Waals surface area contributed by atoms with E-state index in [0.29, 0.717) is 6.54 Å². The van der Waals surface area contributed by atoms with Crippen LogP contribution >= 0.6 is 15.9 Å². The van der Waals surface area contributed by atoms with E-state index in [1.54, 1.807) is 4.68 Å². The maximum atomic E-state index is 5.47. The Kier molecular flexibility index (Phi) is 3.36. The molecule has 0 bridgehead atoms. The Balaban J connectivity index is 2.35. The molecule has 4 nitrogen and oxygen atoms in total. The minimum atomic E-state index is 0.591. The van der Waals surface area contributed by atoms with Crippen LogP contribution < -0.4 is 5.73 Å². The van der Waals surface area contributed by atoms with E-state index in [1.807, 2.05) is 18.3 Å². The van der Waals surface area contributed by atoms with Crippen molar-refractivity contribution in [3.05, 3.63) is 40.1 Å². The lowest BCUT2D eigenvalue weighted by Gasteiger charge is -2.03. The van der Waals surface area contributed by atoms with Crippen molar-refractivity contribution in [3.8, 4) is 5.69 Å². The third kappa shape index (κ3) is 2.31. The molecule has 84 valence electrons. The van der Waals surface area contributed by atoms with Crippen molar-refractivity contribution in [3.63, 3.8) is 0 Å². The smallest absolute Gasteiger partial charge is 0.0844 e. The number of aromatic nitrogens is 3. The van der Waals surface area contributed by atoms with Gasteiger partial charge in [-0.15, -0.1) is 5.10 Å². The van der Waals surface area contributed by atoms with Gasteiger partial charge in [-0.25, -0.2) is 4.68 Å². The van der Waals surface area contributed by atoms with E-state index in [4.69, 9.17) is 5.73 Å². The van der Waals surface area contributed by atoms with Gasteiger partial charge in [-0.1, -0.05) is 11.3 Å². The molecule has 0 unspecified atom stereocenters. The number of hydrogen-bond acceptors (Lipinski definition) is 3. The predicted molar refractivity (Wildman–Crippen MR) is 66.6 cm³/mol. The molecule has 1 aromatic carbocycles. The van der Waals surface area contributed by atoms with E-state index in [9.17, 15) is 0 Å². The monoisotopic (exact) mass is 280 g/mol. The van der Waals surface area contributed by atoms with E-state index in [2.05, 4.69) is 39.2 Å². The Labute approximate surface area is 103 Å². The van der Waals surface area contributed by atoms with Gasteiger partial charge in [-0.05, 0) is 47.1 Å². The summed E-state index contributed by atoms with van der Waals surface area (Å²) in [6, 6.07) is 6.12. The van der Waals surface area contributed by atoms with Crippen molar-refractivity contribution in [2.45, 2.75) is 13.3 Å². The minimum Gasteiger partial charge on any atom is -0.330 e. The summed E-state index contributed by atoms with van der Waals surface area (Å²) in [5, 5.41) is 8.13. The van der Waals surface area contributed by atoms with Gasteiger partial charge in [0.15, 0.2) is 0 Å². The molecule has 0 amide bonds. The molecule has 2 N–H and O–H groups in total. The lowest BCUT2D eigenvalue weighted by atomic mass is 10.2. The minimum absolute atomic E-state index is 0.591. The zero-order chi connectivity index (χ0) is 11.5. The normalized spacial score (nSPS) is 10.7. The van der Waals surface area contributed by atoms with Gasteiger partial charge >= 0.3 is 0 Å². The lowest BCUT2D eigenvalue weighted by Crippen LogP contribution is -2.02. The topological polar surface area (TPSA) is 56.7 Å². The van der Waals surface area contributed by atoms with Crippen LogP contribution in [0, 0.1) is 6.92 Å². The van der Waals surface area contributed by atoms with Crippen molar-refractivity contribution in [1.29, 1.82) is 0 Å². The van der Waals surface area contributed by atoms with Crippen molar-refractivity contribution in [2.75, 3.05) is 6.54 Å². The van der Waals surface area contributed by atoms with E-state index >= 15 is 0 Å². The van der Waals surface area contributed by atoms with Crippen LogP contribution in [0.3, 0.4) is 0 Å². The first-order chi connectivity index (χ1) is 7.70. The first kappa shape index (κ1) is 11.3. The quantitative estimate of drug-likeness (QED) is 0.934. The molecule has 0 saturated carbocycles. The molecular weight excluding hydrogens is 268 g/mol. The second-order valence-electron chi connectivity index (χ2n) is 3.65. The summed E-state index contributed by atoms with van der Waals surface area (Å²) in [6.45, 7) is 2.64. The van der Waals surface area contributed by atoms with E-state index in [1.165, 1.54) is 5.56 Å². The first-order valence-corrected chi connectivity index (χ1v) is 5.88. The predicted octanol–water partition coefficient (Wildman–Crippen LogP) is 1.84. The van der Waals surface area contributed by atoms with E-state index in [-0.39, 0.29) is 0 Å². The molecule has 0 fully saturated rings. The molecule has 0 spiro atoms. The summed E-state index contributed by atoms with van der Waals surface area (Å²) in [5.74, 6) is 0. The highest BCUT2D eigenvalue weighted by Gasteiger charge is 2.05. The van der Waals surface area contributed by atoms with Gasteiger partial charge in [-0.2, -0.15) is 0 Å². The number of nitrogens with two attached hydrogens (primary N) is 1. The SMILES string of the molecule is Cc1ccc(-n2cc(CCN)nn2)c(Br)c1. The lowest BCUT2D eigenvalue weighted by molar-refractivity contribution is 0.792. The average Bonchev–Trinajstić information content (AvgIpc) is 2.67. The van der Waals surface area contributed by atoms with Gasteiger partial charge < -0.3 is 5.73 Å². The summed E-state index contributed by atoms with van der Waals surface area (Å²) in [7, 11) is 0. The molecule has 0 aliphatic heterocycles.